The zero-order valence-corrected chi connectivity index (χ0v) is 17.2. The lowest BCUT2D eigenvalue weighted by Crippen LogP contribution is -2.47. The Morgan fingerprint density at radius 3 is 2.74 bits per heavy atom. The lowest BCUT2D eigenvalue weighted by Gasteiger charge is -2.33. The van der Waals surface area contributed by atoms with Gasteiger partial charge in [-0.2, -0.15) is 0 Å². The zero-order chi connectivity index (χ0) is 19.6. The molecule has 1 fully saturated rings. The Kier molecular flexibility index (Phi) is 8.72. The zero-order valence-electron chi connectivity index (χ0n) is 16.5. The van der Waals surface area contributed by atoms with Crippen LogP contribution in [0.15, 0.2) is 23.2 Å². The summed E-state index contributed by atoms with van der Waals surface area (Å²) in [6.45, 7) is 7.29. The van der Waals surface area contributed by atoms with Crippen LogP contribution in [0.25, 0.3) is 0 Å². The van der Waals surface area contributed by atoms with Crippen LogP contribution in [0.2, 0.25) is 5.02 Å². The highest BCUT2D eigenvalue weighted by Crippen LogP contribution is 2.22. The first-order valence-electron chi connectivity index (χ1n) is 9.56. The van der Waals surface area contributed by atoms with E-state index in [2.05, 4.69) is 15.2 Å². The molecule has 1 aliphatic heterocycles. The maximum absolute atomic E-state index is 11.8. The molecule has 1 aromatic rings. The van der Waals surface area contributed by atoms with E-state index in [-0.39, 0.29) is 11.9 Å². The fourth-order valence-electron chi connectivity index (χ4n) is 3.15. The SMILES string of the molecule is CCOC(=O)C1CCN(C(=NC)NCCCOc2ccc(Cl)cc2C)CC1. The molecule has 27 heavy (non-hydrogen) atoms. The van der Waals surface area contributed by atoms with Crippen molar-refractivity contribution >= 4 is 23.5 Å². The smallest absolute Gasteiger partial charge is 0.309 e. The average molecular weight is 396 g/mol. The standard InChI is InChI=1S/C20H30ClN3O3/c1-4-26-19(25)16-8-11-24(12-9-16)20(22-3)23-10-5-13-27-18-7-6-17(21)14-15(18)2/h6-7,14,16H,4-5,8-13H2,1-3H3,(H,22,23). The predicted molar refractivity (Wildman–Crippen MR) is 109 cm³/mol. The molecule has 0 aromatic heterocycles. The van der Waals surface area contributed by atoms with Crippen LogP contribution in [-0.4, -0.2) is 56.7 Å². The third-order valence-electron chi connectivity index (χ3n) is 4.62. The number of ether oxygens (including phenoxy) is 2. The number of esters is 1. The van der Waals surface area contributed by atoms with Crippen LogP contribution in [0.5, 0.6) is 5.75 Å². The van der Waals surface area contributed by atoms with Gasteiger partial charge in [0.1, 0.15) is 5.75 Å². The number of carbonyl (C=O) groups is 1. The highest BCUT2D eigenvalue weighted by molar-refractivity contribution is 6.30. The molecule has 1 aliphatic rings. The fourth-order valence-corrected chi connectivity index (χ4v) is 3.38. The molecule has 1 aromatic carbocycles. The first kappa shape index (κ1) is 21.4. The number of rotatable bonds is 7. The quantitative estimate of drug-likeness (QED) is 0.332. The molecule has 0 amide bonds. The van der Waals surface area contributed by atoms with E-state index in [4.69, 9.17) is 21.1 Å². The molecule has 0 radical (unpaired) electrons. The van der Waals surface area contributed by atoms with E-state index >= 15 is 0 Å². The summed E-state index contributed by atoms with van der Waals surface area (Å²) in [6.07, 6.45) is 2.47. The van der Waals surface area contributed by atoms with Crippen molar-refractivity contribution in [1.82, 2.24) is 10.2 Å². The number of aliphatic imine (C=N–C) groups is 1. The summed E-state index contributed by atoms with van der Waals surface area (Å²) >= 11 is 5.96. The Morgan fingerprint density at radius 1 is 1.37 bits per heavy atom. The molecule has 1 saturated heterocycles. The number of guanidine groups is 1. The van der Waals surface area contributed by atoms with Crippen LogP contribution >= 0.6 is 11.6 Å². The van der Waals surface area contributed by atoms with E-state index in [1.165, 1.54) is 0 Å². The van der Waals surface area contributed by atoms with Gasteiger partial charge in [0.15, 0.2) is 5.96 Å². The van der Waals surface area contributed by atoms with E-state index in [1.807, 2.05) is 32.0 Å². The number of piperidine rings is 1. The summed E-state index contributed by atoms with van der Waals surface area (Å²) in [5, 5.41) is 4.10. The second-order valence-electron chi connectivity index (χ2n) is 6.60. The van der Waals surface area contributed by atoms with Gasteiger partial charge < -0.3 is 19.7 Å². The highest BCUT2D eigenvalue weighted by Gasteiger charge is 2.27. The van der Waals surface area contributed by atoms with Crippen molar-refractivity contribution < 1.29 is 14.3 Å². The number of carbonyl (C=O) groups excluding carboxylic acids is 1. The van der Waals surface area contributed by atoms with Gasteiger partial charge in [-0.3, -0.25) is 9.79 Å². The third kappa shape index (κ3) is 6.61. The van der Waals surface area contributed by atoms with E-state index in [0.29, 0.717) is 13.2 Å². The Hall–Kier alpha value is -1.95. The van der Waals surface area contributed by atoms with Crippen molar-refractivity contribution in [2.45, 2.75) is 33.1 Å². The summed E-state index contributed by atoms with van der Waals surface area (Å²) in [5.41, 5.74) is 1.04. The van der Waals surface area contributed by atoms with Gasteiger partial charge in [-0.25, -0.2) is 0 Å². The number of likely N-dealkylation sites (tertiary alicyclic amines) is 1. The van der Waals surface area contributed by atoms with E-state index in [9.17, 15) is 4.79 Å². The minimum atomic E-state index is -0.0743. The van der Waals surface area contributed by atoms with E-state index in [1.54, 1.807) is 7.05 Å². The molecule has 1 heterocycles. The molecule has 0 bridgehead atoms. The van der Waals surface area contributed by atoms with Crippen LogP contribution in [0.1, 0.15) is 31.7 Å². The van der Waals surface area contributed by atoms with Crippen LogP contribution in [0.4, 0.5) is 0 Å². The summed E-state index contributed by atoms with van der Waals surface area (Å²) in [7, 11) is 1.79. The molecular formula is C20H30ClN3O3. The maximum atomic E-state index is 11.8. The van der Waals surface area contributed by atoms with Gasteiger partial charge in [0.25, 0.3) is 0 Å². The Labute approximate surface area is 166 Å². The van der Waals surface area contributed by atoms with Gasteiger partial charge in [-0.05, 0) is 56.9 Å². The number of aryl methyl sites for hydroxylation is 1. The molecule has 0 atom stereocenters. The van der Waals surface area contributed by atoms with Crippen molar-refractivity contribution in [3.63, 3.8) is 0 Å². The lowest BCUT2D eigenvalue weighted by molar-refractivity contribution is -0.149. The molecule has 1 N–H and O–H groups in total. The van der Waals surface area contributed by atoms with Crippen molar-refractivity contribution in [3.8, 4) is 5.75 Å². The lowest BCUT2D eigenvalue weighted by atomic mass is 9.97. The summed E-state index contributed by atoms with van der Waals surface area (Å²) in [6, 6.07) is 5.64. The number of benzene rings is 1. The Balaban J connectivity index is 1.68. The molecule has 0 aliphatic carbocycles. The monoisotopic (exact) mass is 395 g/mol. The number of nitrogens with one attached hydrogen (secondary N) is 1. The number of hydrogen-bond donors (Lipinski definition) is 1. The number of halogens is 1. The Bertz CT molecular complexity index is 643. The van der Waals surface area contributed by atoms with Crippen molar-refractivity contribution in [1.29, 1.82) is 0 Å². The maximum Gasteiger partial charge on any atom is 0.309 e. The summed E-state index contributed by atoms with van der Waals surface area (Å²) in [5.74, 6) is 1.68. The van der Waals surface area contributed by atoms with Crippen molar-refractivity contribution in [3.05, 3.63) is 28.8 Å². The fraction of sp³-hybridized carbons (Fsp3) is 0.600. The van der Waals surface area contributed by atoms with Gasteiger partial charge in [-0.15, -0.1) is 0 Å². The summed E-state index contributed by atoms with van der Waals surface area (Å²) in [4.78, 5) is 18.4. The predicted octanol–water partition coefficient (Wildman–Crippen LogP) is 3.27. The van der Waals surface area contributed by atoms with Gasteiger partial charge in [0.2, 0.25) is 0 Å². The largest absolute Gasteiger partial charge is 0.493 e. The highest BCUT2D eigenvalue weighted by atomic mass is 35.5. The molecule has 0 spiro atoms. The normalized spacial score (nSPS) is 15.6. The second kappa shape index (κ2) is 11.0. The molecule has 0 saturated carbocycles. The van der Waals surface area contributed by atoms with Gasteiger partial charge in [0, 0.05) is 31.7 Å². The number of nitrogens with zero attached hydrogens (tertiary/aromatic N) is 2. The van der Waals surface area contributed by atoms with Crippen molar-refractivity contribution in [2.75, 3.05) is 39.9 Å². The van der Waals surface area contributed by atoms with Gasteiger partial charge >= 0.3 is 5.97 Å². The van der Waals surface area contributed by atoms with E-state index in [0.717, 1.165) is 61.2 Å². The summed E-state index contributed by atoms with van der Waals surface area (Å²) < 4.78 is 10.9. The van der Waals surface area contributed by atoms with Crippen LogP contribution in [0.3, 0.4) is 0 Å². The first-order chi connectivity index (χ1) is 13.0. The minimum absolute atomic E-state index is 0.00956. The van der Waals surface area contributed by atoms with Crippen LogP contribution < -0.4 is 10.1 Å². The molecular weight excluding hydrogens is 366 g/mol. The Morgan fingerprint density at radius 2 is 2.11 bits per heavy atom. The van der Waals surface area contributed by atoms with Crippen LogP contribution in [-0.2, 0) is 9.53 Å². The minimum Gasteiger partial charge on any atom is -0.493 e. The average Bonchev–Trinajstić information content (AvgIpc) is 2.66. The van der Waals surface area contributed by atoms with Gasteiger partial charge in [-0.1, -0.05) is 11.6 Å². The second-order valence-corrected chi connectivity index (χ2v) is 7.04. The van der Waals surface area contributed by atoms with E-state index < -0.39 is 0 Å². The van der Waals surface area contributed by atoms with Gasteiger partial charge in [0.05, 0.1) is 19.1 Å². The topological polar surface area (TPSA) is 63.2 Å². The van der Waals surface area contributed by atoms with Crippen molar-refractivity contribution in [2.24, 2.45) is 10.9 Å². The molecule has 2 rings (SSSR count). The molecule has 0 unspecified atom stereocenters. The molecule has 150 valence electrons. The molecule has 6 nitrogen and oxygen atoms in total. The van der Waals surface area contributed by atoms with Crippen LogP contribution in [0, 0.1) is 12.8 Å². The third-order valence-corrected chi connectivity index (χ3v) is 4.86. The molecule has 7 heteroatoms. The first-order valence-corrected chi connectivity index (χ1v) is 9.94. The number of hydrogen-bond acceptors (Lipinski definition) is 4.